The lowest BCUT2D eigenvalue weighted by atomic mass is 9.66. The molecule has 3 N–H and O–H groups in total. The highest BCUT2D eigenvalue weighted by atomic mass is 35.5. The maximum atomic E-state index is 13.5. The zero-order chi connectivity index (χ0) is 23.7. The molecule has 2 fully saturated rings. The Morgan fingerprint density at radius 1 is 1.31 bits per heavy atom. The number of hydrogen-bond acceptors (Lipinski definition) is 6. The van der Waals surface area contributed by atoms with Crippen LogP contribution in [0.15, 0.2) is 48.8 Å². The third kappa shape index (κ3) is 5.34. The first-order valence-corrected chi connectivity index (χ1v) is 11.6. The predicted octanol–water partition coefficient (Wildman–Crippen LogP) is 5.77. The van der Waals surface area contributed by atoms with Crippen molar-refractivity contribution in [3.8, 4) is 5.75 Å². The number of halogens is 3. The molecule has 1 saturated carbocycles. The van der Waals surface area contributed by atoms with E-state index < -0.39 is 5.82 Å². The summed E-state index contributed by atoms with van der Waals surface area (Å²) in [5, 5.41) is 10.3. The van der Waals surface area contributed by atoms with E-state index in [0.29, 0.717) is 45.4 Å². The third-order valence-corrected chi connectivity index (χ3v) is 6.83. The van der Waals surface area contributed by atoms with Crippen molar-refractivity contribution < 1.29 is 13.9 Å². The maximum Gasteiger partial charge on any atom is 0.248 e. The fraction of sp³-hybridized carbons (Fsp3) is 0.320. The highest BCUT2D eigenvalue weighted by Crippen LogP contribution is 2.43. The van der Waals surface area contributed by atoms with Crippen molar-refractivity contribution in [2.45, 2.75) is 43.7 Å². The van der Waals surface area contributed by atoms with E-state index in [0.717, 1.165) is 6.42 Å². The summed E-state index contributed by atoms with van der Waals surface area (Å²) in [5.74, 6) is 0.226. The largest absolute Gasteiger partial charge is 0.494 e. The topological polar surface area (TPSA) is 88.2 Å². The van der Waals surface area contributed by atoms with Gasteiger partial charge in [0, 0.05) is 28.7 Å². The molecule has 2 heterocycles. The van der Waals surface area contributed by atoms with E-state index in [2.05, 4.69) is 25.9 Å². The van der Waals surface area contributed by atoms with Crippen molar-refractivity contribution in [2.75, 3.05) is 17.7 Å². The number of rotatable bonds is 7. The summed E-state index contributed by atoms with van der Waals surface area (Å²) in [4.78, 5) is 21.2. The molecule has 1 aliphatic heterocycles. The summed E-state index contributed by atoms with van der Waals surface area (Å²) >= 11 is 5.90. The van der Waals surface area contributed by atoms with E-state index in [1.807, 2.05) is 6.08 Å². The molecule has 1 atom stereocenters. The molecular weight excluding hydrogens is 492 g/mol. The van der Waals surface area contributed by atoms with E-state index in [9.17, 15) is 9.18 Å². The molecule has 0 bridgehead atoms. The van der Waals surface area contributed by atoms with Crippen LogP contribution in [0.2, 0.25) is 5.02 Å². The maximum absolute atomic E-state index is 13.5. The van der Waals surface area contributed by atoms with Crippen LogP contribution >= 0.6 is 24.0 Å². The van der Waals surface area contributed by atoms with Gasteiger partial charge in [0.2, 0.25) is 5.91 Å². The number of fused-ring (bicyclic) bond motifs is 1. The van der Waals surface area contributed by atoms with Crippen LogP contribution in [0.25, 0.3) is 10.9 Å². The van der Waals surface area contributed by atoms with Gasteiger partial charge in [-0.15, -0.1) is 12.4 Å². The molecule has 5 rings (SSSR count). The Morgan fingerprint density at radius 2 is 2.11 bits per heavy atom. The highest BCUT2D eigenvalue weighted by molar-refractivity contribution is 6.31. The smallest absolute Gasteiger partial charge is 0.248 e. The van der Waals surface area contributed by atoms with Crippen LogP contribution in [0.1, 0.15) is 32.1 Å². The fourth-order valence-electron chi connectivity index (χ4n) is 4.65. The Hall–Kier alpha value is -2.94. The molecule has 1 aromatic heterocycles. The van der Waals surface area contributed by atoms with Crippen molar-refractivity contribution >= 4 is 58.0 Å². The molecule has 2 aliphatic rings. The number of carbonyl (C=O) groups excluding carboxylic acids is 1. The first kappa shape index (κ1) is 25.2. The van der Waals surface area contributed by atoms with Gasteiger partial charge in [-0.25, -0.2) is 14.4 Å². The van der Waals surface area contributed by atoms with Crippen LogP contribution in [-0.4, -0.2) is 34.6 Å². The Morgan fingerprint density at radius 3 is 2.80 bits per heavy atom. The second kappa shape index (κ2) is 10.4. The number of carbonyl (C=O) groups is 1. The molecule has 3 aromatic rings. The van der Waals surface area contributed by atoms with Gasteiger partial charge < -0.3 is 20.7 Å². The fourth-order valence-corrected chi connectivity index (χ4v) is 4.83. The summed E-state index contributed by atoms with van der Waals surface area (Å²) in [5.41, 5.74) is 2.09. The van der Waals surface area contributed by atoms with E-state index >= 15 is 0 Å². The third-order valence-electron chi connectivity index (χ3n) is 6.54. The Balaban J connectivity index is 0.00000289. The van der Waals surface area contributed by atoms with Gasteiger partial charge in [0.1, 0.15) is 23.7 Å². The molecule has 10 heteroatoms. The lowest BCUT2D eigenvalue weighted by Crippen LogP contribution is -2.66. The van der Waals surface area contributed by atoms with Crippen molar-refractivity contribution in [3.05, 3.63) is 59.7 Å². The number of benzene rings is 2. The van der Waals surface area contributed by atoms with Crippen molar-refractivity contribution in [1.29, 1.82) is 0 Å². The number of aromatic nitrogens is 2. The first-order chi connectivity index (χ1) is 16.4. The summed E-state index contributed by atoms with van der Waals surface area (Å²) in [6.45, 7) is 0. The molecule has 1 amide bonds. The number of methoxy groups -OCH3 is 1. The lowest BCUT2D eigenvalue weighted by molar-refractivity contribution is -0.111. The van der Waals surface area contributed by atoms with Gasteiger partial charge in [-0.1, -0.05) is 17.7 Å². The summed E-state index contributed by atoms with van der Waals surface area (Å²) in [6.07, 6.45) is 10.7. The minimum atomic E-state index is -0.502. The van der Waals surface area contributed by atoms with Gasteiger partial charge >= 0.3 is 0 Å². The Kier molecular flexibility index (Phi) is 7.44. The number of anilines is 3. The number of nitrogens with zero attached hydrogens (tertiary/aromatic N) is 2. The molecule has 2 aromatic carbocycles. The SMILES string of the molecule is COc1cc2ncnc(Nc3ccc(F)c(Cl)c3)c2cc1NC(=O)/C=C/CC1CC2(CCC2)N1.Cl. The summed E-state index contributed by atoms with van der Waals surface area (Å²) in [6, 6.07) is 8.25. The molecule has 7 nitrogen and oxygen atoms in total. The Labute approximate surface area is 213 Å². The highest BCUT2D eigenvalue weighted by Gasteiger charge is 2.46. The monoisotopic (exact) mass is 517 g/mol. The minimum Gasteiger partial charge on any atom is -0.494 e. The van der Waals surface area contributed by atoms with Crippen LogP contribution in [0.4, 0.5) is 21.6 Å². The van der Waals surface area contributed by atoms with Gasteiger partial charge in [0.15, 0.2) is 0 Å². The number of ether oxygens (including phenoxy) is 1. The summed E-state index contributed by atoms with van der Waals surface area (Å²) in [7, 11) is 1.53. The van der Waals surface area contributed by atoms with Crippen molar-refractivity contribution in [2.24, 2.45) is 0 Å². The average molecular weight is 518 g/mol. The van der Waals surface area contributed by atoms with Gasteiger partial charge in [0.25, 0.3) is 0 Å². The van der Waals surface area contributed by atoms with E-state index in [4.69, 9.17) is 16.3 Å². The predicted molar refractivity (Wildman–Crippen MR) is 139 cm³/mol. The molecule has 1 spiro atoms. The molecule has 184 valence electrons. The van der Waals surface area contributed by atoms with Gasteiger partial charge in [-0.3, -0.25) is 4.79 Å². The Bertz CT molecular complexity index is 1270. The normalized spacial score (nSPS) is 18.0. The molecule has 1 saturated heterocycles. The minimum absolute atomic E-state index is 0. The van der Waals surface area contributed by atoms with Crippen LogP contribution < -0.4 is 20.7 Å². The molecule has 1 unspecified atom stereocenters. The van der Waals surface area contributed by atoms with Crippen molar-refractivity contribution in [1.82, 2.24) is 15.3 Å². The molecule has 1 aliphatic carbocycles. The zero-order valence-corrected chi connectivity index (χ0v) is 20.7. The van der Waals surface area contributed by atoms with Crippen LogP contribution in [0, 0.1) is 5.82 Å². The van der Waals surface area contributed by atoms with Gasteiger partial charge in [-0.05, 0) is 62.4 Å². The molecular formula is C25H26Cl2FN5O2. The number of nitrogens with one attached hydrogen (secondary N) is 3. The van der Waals surface area contributed by atoms with E-state index in [1.165, 1.54) is 51.3 Å². The van der Waals surface area contributed by atoms with E-state index in [-0.39, 0.29) is 23.3 Å². The zero-order valence-electron chi connectivity index (χ0n) is 19.1. The second-order valence-corrected chi connectivity index (χ2v) is 9.26. The summed E-state index contributed by atoms with van der Waals surface area (Å²) < 4.78 is 19.0. The standard InChI is InChI=1S/C25H25ClFN5O2.ClH/c1-34-22-12-20-17(24(29-14-28-20)30-15-6-7-19(27)18(26)10-15)11-21(22)31-23(33)5-2-4-16-13-25(32-16)8-3-9-25;/h2,5-7,10-12,14,16,32H,3-4,8-9,13H2,1H3,(H,31,33)(H,28,29,30);1H/b5-2+;. The van der Waals surface area contributed by atoms with Crippen LogP contribution in [0.5, 0.6) is 5.75 Å². The average Bonchev–Trinajstić information content (AvgIpc) is 2.76. The number of amides is 1. The van der Waals surface area contributed by atoms with Gasteiger partial charge in [0.05, 0.1) is 23.3 Å². The quantitative estimate of drug-likeness (QED) is 0.345. The molecule has 35 heavy (non-hydrogen) atoms. The van der Waals surface area contributed by atoms with Crippen molar-refractivity contribution in [3.63, 3.8) is 0 Å². The number of hydrogen-bond donors (Lipinski definition) is 3. The first-order valence-electron chi connectivity index (χ1n) is 11.2. The second-order valence-electron chi connectivity index (χ2n) is 8.85. The van der Waals surface area contributed by atoms with E-state index in [1.54, 1.807) is 24.3 Å². The van der Waals surface area contributed by atoms with Crippen LogP contribution in [-0.2, 0) is 4.79 Å². The van der Waals surface area contributed by atoms with Gasteiger partial charge in [-0.2, -0.15) is 0 Å². The lowest BCUT2D eigenvalue weighted by Gasteiger charge is -2.55. The molecule has 0 radical (unpaired) electrons. The van der Waals surface area contributed by atoms with Crippen LogP contribution in [0.3, 0.4) is 0 Å².